The maximum absolute atomic E-state index is 16.0. The van der Waals surface area contributed by atoms with Gasteiger partial charge in [0.15, 0.2) is 0 Å². The first-order valence-corrected chi connectivity index (χ1v) is 18.8. The molecule has 0 unspecified atom stereocenters. The van der Waals surface area contributed by atoms with Gasteiger partial charge in [0.2, 0.25) is 0 Å². The van der Waals surface area contributed by atoms with Gasteiger partial charge in [-0.3, -0.25) is 9.59 Å². The zero-order valence-electron chi connectivity index (χ0n) is 29.1. The number of hydrogen-bond acceptors (Lipinski definition) is 6. The lowest BCUT2D eigenvalue weighted by atomic mass is 9.97. The number of aromatic nitrogens is 2. The van der Waals surface area contributed by atoms with E-state index >= 15 is 4.39 Å². The number of aryl methyl sites for hydroxylation is 1. The molecule has 5 aromatic rings. The summed E-state index contributed by atoms with van der Waals surface area (Å²) in [5.74, 6) is -2.34. The Morgan fingerprint density at radius 1 is 0.944 bits per heavy atom. The zero-order valence-corrected chi connectivity index (χ0v) is 30.7. The summed E-state index contributed by atoms with van der Waals surface area (Å²) in [6, 6.07) is 20.3. The minimum absolute atomic E-state index is 0.0443. The Morgan fingerprint density at radius 2 is 1.67 bits per heavy atom. The van der Waals surface area contributed by atoms with Crippen LogP contribution in [0.4, 0.5) is 17.6 Å². The van der Waals surface area contributed by atoms with Gasteiger partial charge < -0.3 is 5.32 Å². The number of benzene rings is 4. The second-order valence-corrected chi connectivity index (χ2v) is 14.3. The monoisotopic (exact) mass is 779 g/mol. The van der Waals surface area contributed by atoms with E-state index in [-0.39, 0.29) is 67.5 Å². The van der Waals surface area contributed by atoms with Crippen LogP contribution < -0.4 is 10.0 Å². The second-order valence-electron chi connectivity index (χ2n) is 12.3. The highest BCUT2D eigenvalue weighted by atomic mass is 35.5. The van der Waals surface area contributed by atoms with Gasteiger partial charge in [0.25, 0.3) is 21.8 Å². The molecule has 0 saturated heterocycles. The molecule has 4 aromatic carbocycles. The van der Waals surface area contributed by atoms with Crippen molar-refractivity contribution in [3.63, 3.8) is 0 Å². The number of nitriles is 1. The Hall–Kier alpha value is -5.52. The number of rotatable bonds is 13. The fourth-order valence-electron chi connectivity index (χ4n) is 5.84. The number of hydrogen-bond donors (Lipinski definition) is 2. The van der Waals surface area contributed by atoms with Crippen molar-refractivity contribution >= 4 is 33.4 Å². The third-order valence-corrected chi connectivity index (χ3v) is 10.2. The molecular formula is C39H34ClF4N5O4S. The third kappa shape index (κ3) is 8.64. The molecule has 0 radical (unpaired) electrons. The van der Waals surface area contributed by atoms with Gasteiger partial charge in [0.05, 0.1) is 32.4 Å². The van der Waals surface area contributed by atoms with Crippen molar-refractivity contribution in [3.8, 4) is 22.9 Å². The number of amides is 2. The third-order valence-electron chi connectivity index (χ3n) is 8.52. The van der Waals surface area contributed by atoms with Gasteiger partial charge in [-0.15, -0.1) is 0 Å². The van der Waals surface area contributed by atoms with E-state index in [1.165, 1.54) is 48.5 Å². The number of nitrogens with one attached hydrogen (secondary N) is 2. The summed E-state index contributed by atoms with van der Waals surface area (Å²) in [5.41, 5.74) is -1.27. The van der Waals surface area contributed by atoms with Crippen molar-refractivity contribution in [2.24, 2.45) is 0 Å². The Labute approximate surface area is 314 Å². The fourth-order valence-corrected chi connectivity index (χ4v) is 7.26. The van der Waals surface area contributed by atoms with E-state index in [2.05, 4.69) is 10.4 Å². The predicted octanol–water partition coefficient (Wildman–Crippen LogP) is 8.41. The SMILES string of the molecule is CCCCNC(=O)c1ccc(C(F)(F)F)c(-n2nc(CCC)c(Cc3ccc(-c4ccccc4S(=O)(=O)NC(=O)c4ccccc4Cl)cc3F)c2C#N)c1. The predicted molar refractivity (Wildman–Crippen MR) is 195 cm³/mol. The van der Waals surface area contributed by atoms with Crippen LogP contribution in [-0.2, 0) is 29.0 Å². The molecule has 2 amide bonds. The van der Waals surface area contributed by atoms with Crippen LogP contribution in [0, 0.1) is 17.1 Å². The molecule has 1 aromatic heterocycles. The minimum Gasteiger partial charge on any atom is -0.352 e. The molecule has 0 saturated carbocycles. The summed E-state index contributed by atoms with van der Waals surface area (Å²) in [5, 5.41) is 17.4. The van der Waals surface area contributed by atoms with E-state index in [0.717, 1.165) is 35.4 Å². The molecule has 2 N–H and O–H groups in total. The first-order chi connectivity index (χ1) is 25.7. The van der Waals surface area contributed by atoms with Gasteiger partial charge in [-0.25, -0.2) is 22.2 Å². The van der Waals surface area contributed by atoms with E-state index in [4.69, 9.17) is 11.6 Å². The number of halogens is 5. The summed E-state index contributed by atoms with van der Waals surface area (Å²) in [6.07, 6.45) is -2.88. The van der Waals surface area contributed by atoms with Crippen molar-refractivity contribution in [2.75, 3.05) is 6.54 Å². The molecule has 0 aliphatic carbocycles. The molecule has 0 spiro atoms. The summed E-state index contributed by atoms with van der Waals surface area (Å²) < 4.78 is 88.5. The first kappa shape index (κ1) is 39.7. The number of carbonyl (C=O) groups excluding carboxylic acids is 2. The average Bonchev–Trinajstić information content (AvgIpc) is 3.48. The lowest BCUT2D eigenvalue weighted by Gasteiger charge is -2.15. The molecule has 1 heterocycles. The molecular weight excluding hydrogens is 746 g/mol. The smallest absolute Gasteiger partial charge is 0.352 e. The minimum atomic E-state index is -4.86. The van der Waals surface area contributed by atoms with Gasteiger partial charge in [-0.05, 0) is 66.4 Å². The topological polar surface area (TPSA) is 134 Å². The molecule has 54 heavy (non-hydrogen) atoms. The van der Waals surface area contributed by atoms with Crippen LogP contribution in [0.3, 0.4) is 0 Å². The lowest BCUT2D eigenvalue weighted by molar-refractivity contribution is -0.137. The molecule has 15 heteroatoms. The van der Waals surface area contributed by atoms with E-state index in [1.54, 1.807) is 12.1 Å². The molecule has 5 rings (SSSR count). The van der Waals surface area contributed by atoms with Crippen LogP contribution >= 0.6 is 11.6 Å². The normalized spacial score (nSPS) is 11.6. The maximum Gasteiger partial charge on any atom is 0.418 e. The van der Waals surface area contributed by atoms with E-state index in [9.17, 15) is 36.4 Å². The molecule has 0 fully saturated rings. The van der Waals surface area contributed by atoms with Crippen molar-refractivity contribution in [1.82, 2.24) is 19.8 Å². The Bertz CT molecular complexity index is 2370. The highest BCUT2D eigenvalue weighted by molar-refractivity contribution is 7.90. The van der Waals surface area contributed by atoms with Gasteiger partial charge in [-0.2, -0.15) is 23.5 Å². The van der Waals surface area contributed by atoms with E-state index in [0.29, 0.717) is 19.4 Å². The molecule has 0 atom stereocenters. The van der Waals surface area contributed by atoms with Crippen molar-refractivity contribution in [3.05, 3.63) is 135 Å². The van der Waals surface area contributed by atoms with Crippen LogP contribution in [0.1, 0.15) is 81.9 Å². The number of unbranched alkanes of at least 4 members (excludes halogenated alkanes) is 1. The molecule has 0 bridgehead atoms. The highest BCUT2D eigenvalue weighted by Gasteiger charge is 2.36. The van der Waals surface area contributed by atoms with Crippen molar-refractivity contribution < 1.29 is 35.6 Å². The van der Waals surface area contributed by atoms with Crippen molar-refractivity contribution in [2.45, 2.75) is 57.0 Å². The zero-order chi connectivity index (χ0) is 39.2. The Balaban J connectivity index is 1.52. The molecule has 0 aliphatic heterocycles. The summed E-state index contributed by atoms with van der Waals surface area (Å²) in [4.78, 5) is 25.3. The van der Waals surface area contributed by atoms with Gasteiger partial charge in [-0.1, -0.05) is 80.8 Å². The molecule has 280 valence electrons. The fraction of sp³-hybridized carbons (Fsp3) is 0.231. The first-order valence-electron chi connectivity index (χ1n) is 16.9. The largest absolute Gasteiger partial charge is 0.418 e. The number of sulfonamides is 1. The van der Waals surface area contributed by atoms with Crippen LogP contribution in [0.15, 0.2) is 89.8 Å². The number of alkyl halides is 3. The number of carbonyl (C=O) groups is 2. The van der Waals surface area contributed by atoms with Crippen molar-refractivity contribution in [1.29, 1.82) is 5.26 Å². The van der Waals surface area contributed by atoms with Crippen LogP contribution in [0.2, 0.25) is 5.02 Å². The summed E-state index contributed by atoms with van der Waals surface area (Å²) in [6.45, 7) is 4.07. The highest BCUT2D eigenvalue weighted by Crippen LogP contribution is 2.36. The van der Waals surface area contributed by atoms with Gasteiger partial charge in [0.1, 0.15) is 17.6 Å². The second kappa shape index (κ2) is 16.7. The number of nitrogens with zero attached hydrogens (tertiary/aromatic N) is 3. The standard InChI is InChI=1S/C39H34ClF4N5O4S/c1-3-5-19-46-37(50)26-17-18-30(39(42,43)44)34(22-26)49-35(23-45)29(33(47-49)10-4-2)20-25-16-15-24(21-32(25)41)27-11-7-9-14-36(27)54(52,53)48-38(51)28-12-6-8-13-31(28)40/h6-9,11-18,21-22H,3-5,10,19-20H2,1-2H3,(H,46,50)(H,48,51). The lowest BCUT2D eigenvalue weighted by Crippen LogP contribution is -2.31. The molecule has 9 nitrogen and oxygen atoms in total. The van der Waals surface area contributed by atoms with Gasteiger partial charge >= 0.3 is 6.18 Å². The summed E-state index contributed by atoms with van der Waals surface area (Å²) >= 11 is 6.07. The Morgan fingerprint density at radius 3 is 2.33 bits per heavy atom. The Kier molecular flexibility index (Phi) is 12.2. The maximum atomic E-state index is 16.0. The van der Waals surface area contributed by atoms with Gasteiger partial charge in [0, 0.05) is 29.7 Å². The molecule has 0 aliphatic rings. The van der Waals surface area contributed by atoms with E-state index < -0.39 is 45.1 Å². The van der Waals surface area contributed by atoms with Crippen LogP contribution in [0.5, 0.6) is 0 Å². The van der Waals surface area contributed by atoms with E-state index in [1.807, 2.05) is 24.6 Å². The van der Waals surface area contributed by atoms with Crippen LogP contribution in [0.25, 0.3) is 16.8 Å². The quantitative estimate of drug-likeness (QED) is 0.0911. The average molecular weight is 780 g/mol. The summed E-state index contributed by atoms with van der Waals surface area (Å²) in [7, 11) is -4.48. The van der Waals surface area contributed by atoms with Crippen LogP contribution in [-0.4, -0.2) is 36.6 Å².